The molecule has 0 spiro atoms. The molecule has 0 saturated carbocycles. The smallest absolute Gasteiger partial charge is 0.328 e. The van der Waals surface area contributed by atoms with Crippen molar-refractivity contribution in [2.75, 3.05) is 0 Å². The number of hydrogen-bond acceptors (Lipinski definition) is 4. The van der Waals surface area contributed by atoms with E-state index in [1.165, 1.54) is 27.6 Å². The first-order valence-electron chi connectivity index (χ1n) is 6.44. The van der Waals surface area contributed by atoms with Gasteiger partial charge in [0.05, 0.1) is 11.4 Å². The zero-order valence-corrected chi connectivity index (χ0v) is 13.1. The highest BCUT2D eigenvalue weighted by molar-refractivity contribution is 7.14. The third-order valence-electron chi connectivity index (χ3n) is 2.83. The van der Waals surface area contributed by atoms with E-state index >= 15 is 0 Å². The fraction of sp³-hybridized carbons (Fsp3) is 0.200. The van der Waals surface area contributed by atoms with E-state index < -0.39 is 5.97 Å². The van der Waals surface area contributed by atoms with Crippen molar-refractivity contribution >= 4 is 40.6 Å². The number of nitrogens with one attached hydrogen (secondary N) is 1. The van der Waals surface area contributed by atoms with Crippen LogP contribution in [-0.4, -0.2) is 17.0 Å². The number of carboxylic acids is 1. The fourth-order valence-electron chi connectivity index (χ4n) is 1.74. The standard InChI is InChI=1S/C15H15NO3S2/c1-2-11-4-5-12(21-11)15(19)16-9-13-10(7-8-20-13)3-6-14(17)18/h3-8H,2,9H2,1H3,(H,16,19)(H,17,18)/b6-3+. The third-order valence-corrected chi connectivity index (χ3v) is 4.99. The maximum atomic E-state index is 12.0. The number of carbonyl (C=O) groups is 2. The van der Waals surface area contributed by atoms with Crippen molar-refractivity contribution in [3.8, 4) is 0 Å². The molecule has 0 saturated heterocycles. The number of rotatable bonds is 6. The Labute approximate surface area is 130 Å². The molecule has 0 aliphatic carbocycles. The maximum Gasteiger partial charge on any atom is 0.328 e. The van der Waals surface area contributed by atoms with Crippen LogP contribution in [-0.2, 0) is 17.8 Å². The van der Waals surface area contributed by atoms with Crippen LogP contribution >= 0.6 is 22.7 Å². The van der Waals surface area contributed by atoms with Gasteiger partial charge >= 0.3 is 5.97 Å². The van der Waals surface area contributed by atoms with Gasteiger partial charge in [0.1, 0.15) is 0 Å². The van der Waals surface area contributed by atoms with Crippen molar-refractivity contribution in [2.24, 2.45) is 0 Å². The van der Waals surface area contributed by atoms with Gasteiger partial charge in [-0.15, -0.1) is 22.7 Å². The maximum absolute atomic E-state index is 12.0. The highest BCUT2D eigenvalue weighted by Crippen LogP contribution is 2.20. The van der Waals surface area contributed by atoms with Crippen LogP contribution in [0.4, 0.5) is 0 Å². The SMILES string of the molecule is CCc1ccc(C(=O)NCc2sccc2/C=C/C(=O)O)s1. The number of aryl methyl sites for hydroxylation is 1. The quantitative estimate of drug-likeness (QED) is 0.801. The molecule has 4 nitrogen and oxygen atoms in total. The minimum absolute atomic E-state index is 0.0961. The van der Waals surface area contributed by atoms with Crippen LogP contribution in [0, 0.1) is 0 Å². The molecule has 6 heteroatoms. The molecule has 0 aliphatic rings. The van der Waals surface area contributed by atoms with E-state index in [1.807, 2.05) is 23.6 Å². The molecule has 2 N–H and O–H groups in total. The van der Waals surface area contributed by atoms with Gasteiger partial charge < -0.3 is 10.4 Å². The van der Waals surface area contributed by atoms with Crippen molar-refractivity contribution in [3.05, 3.63) is 49.9 Å². The monoisotopic (exact) mass is 321 g/mol. The Bertz CT molecular complexity index is 670. The van der Waals surface area contributed by atoms with E-state index in [0.29, 0.717) is 11.4 Å². The normalized spacial score (nSPS) is 10.9. The number of aliphatic carboxylic acids is 1. The molecule has 2 aromatic rings. The van der Waals surface area contributed by atoms with Gasteiger partial charge in [-0.05, 0) is 41.6 Å². The number of carbonyl (C=O) groups excluding carboxylic acids is 1. The average Bonchev–Trinajstić information content (AvgIpc) is 3.11. The molecular weight excluding hydrogens is 306 g/mol. The van der Waals surface area contributed by atoms with E-state index in [4.69, 9.17) is 5.11 Å². The van der Waals surface area contributed by atoms with E-state index in [2.05, 4.69) is 12.2 Å². The average molecular weight is 321 g/mol. The van der Waals surface area contributed by atoms with Crippen molar-refractivity contribution in [3.63, 3.8) is 0 Å². The third kappa shape index (κ3) is 4.27. The van der Waals surface area contributed by atoms with Gasteiger partial charge in [-0.25, -0.2) is 4.79 Å². The lowest BCUT2D eigenvalue weighted by Gasteiger charge is -2.03. The summed E-state index contributed by atoms with van der Waals surface area (Å²) in [6, 6.07) is 5.64. The van der Waals surface area contributed by atoms with Gasteiger partial charge in [0.25, 0.3) is 5.91 Å². The fourth-order valence-corrected chi connectivity index (χ4v) is 3.41. The molecule has 2 heterocycles. The molecule has 0 bridgehead atoms. The first-order chi connectivity index (χ1) is 10.1. The van der Waals surface area contributed by atoms with Gasteiger partial charge in [0.2, 0.25) is 0 Å². The first kappa shape index (κ1) is 15.5. The summed E-state index contributed by atoms with van der Waals surface area (Å²) in [5, 5.41) is 13.4. The zero-order chi connectivity index (χ0) is 15.2. The Morgan fingerprint density at radius 2 is 2.14 bits per heavy atom. The van der Waals surface area contributed by atoms with Crippen LogP contribution in [0.25, 0.3) is 6.08 Å². The lowest BCUT2D eigenvalue weighted by atomic mass is 10.2. The molecule has 21 heavy (non-hydrogen) atoms. The molecule has 2 aromatic heterocycles. The van der Waals surface area contributed by atoms with E-state index in [-0.39, 0.29) is 5.91 Å². The summed E-state index contributed by atoms with van der Waals surface area (Å²) in [6.07, 6.45) is 3.56. The Morgan fingerprint density at radius 3 is 2.81 bits per heavy atom. The largest absolute Gasteiger partial charge is 0.478 e. The molecule has 110 valence electrons. The predicted molar refractivity (Wildman–Crippen MR) is 85.9 cm³/mol. The van der Waals surface area contributed by atoms with Crippen LogP contribution in [0.15, 0.2) is 29.7 Å². The highest BCUT2D eigenvalue weighted by Gasteiger charge is 2.10. The molecular formula is C15H15NO3S2. The summed E-state index contributed by atoms with van der Waals surface area (Å²) < 4.78 is 0. The second-order valence-corrected chi connectivity index (χ2v) is 6.44. The number of thiophene rings is 2. The van der Waals surface area contributed by atoms with Crippen molar-refractivity contribution in [2.45, 2.75) is 19.9 Å². The van der Waals surface area contributed by atoms with E-state index in [1.54, 1.807) is 6.08 Å². The summed E-state index contributed by atoms with van der Waals surface area (Å²) in [5.41, 5.74) is 0.822. The second kappa shape index (κ2) is 7.19. The summed E-state index contributed by atoms with van der Waals surface area (Å²) in [4.78, 5) is 25.4. The van der Waals surface area contributed by atoms with Crippen LogP contribution in [0.5, 0.6) is 0 Å². The molecule has 0 fully saturated rings. The van der Waals surface area contributed by atoms with E-state index in [9.17, 15) is 9.59 Å². The van der Waals surface area contributed by atoms with Crippen LogP contribution in [0.1, 0.15) is 31.9 Å². The first-order valence-corrected chi connectivity index (χ1v) is 8.14. The Morgan fingerprint density at radius 1 is 1.33 bits per heavy atom. The summed E-state index contributed by atoms with van der Waals surface area (Å²) in [6.45, 7) is 2.45. The number of carboxylic acid groups (broad SMARTS) is 1. The molecule has 0 aliphatic heterocycles. The summed E-state index contributed by atoms with van der Waals surface area (Å²) in [7, 11) is 0. The molecule has 0 aromatic carbocycles. The van der Waals surface area contributed by atoms with Gasteiger partial charge in [0, 0.05) is 15.8 Å². The highest BCUT2D eigenvalue weighted by atomic mass is 32.1. The molecule has 2 rings (SSSR count). The second-order valence-electron chi connectivity index (χ2n) is 4.27. The van der Waals surface area contributed by atoms with Crippen LogP contribution in [0.3, 0.4) is 0 Å². The van der Waals surface area contributed by atoms with Crippen molar-refractivity contribution in [1.82, 2.24) is 5.32 Å². The Balaban J connectivity index is 1.98. The van der Waals surface area contributed by atoms with E-state index in [0.717, 1.165) is 22.9 Å². The lowest BCUT2D eigenvalue weighted by Crippen LogP contribution is -2.21. The Kier molecular flexibility index (Phi) is 5.30. The number of amides is 1. The summed E-state index contributed by atoms with van der Waals surface area (Å²) >= 11 is 2.99. The Hall–Kier alpha value is -1.92. The lowest BCUT2D eigenvalue weighted by molar-refractivity contribution is -0.131. The molecule has 0 radical (unpaired) electrons. The van der Waals surface area contributed by atoms with Crippen LogP contribution < -0.4 is 5.32 Å². The number of hydrogen-bond donors (Lipinski definition) is 2. The van der Waals surface area contributed by atoms with Gasteiger partial charge in [0.15, 0.2) is 0 Å². The van der Waals surface area contributed by atoms with Gasteiger partial charge in [-0.2, -0.15) is 0 Å². The topological polar surface area (TPSA) is 66.4 Å². The minimum atomic E-state index is -0.984. The molecule has 1 amide bonds. The predicted octanol–water partition coefficient (Wildman–Crippen LogP) is 3.40. The van der Waals surface area contributed by atoms with Crippen molar-refractivity contribution in [1.29, 1.82) is 0 Å². The molecule has 0 atom stereocenters. The van der Waals surface area contributed by atoms with Crippen molar-refractivity contribution < 1.29 is 14.7 Å². The molecule has 0 unspecified atom stereocenters. The zero-order valence-electron chi connectivity index (χ0n) is 11.5. The van der Waals surface area contributed by atoms with Gasteiger partial charge in [-0.1, -0.05) is 6.92 Å². The van der Waals surface area contributed by atoms with Gasteiger partial charge in [-0.3, -0.25) is 4.79 Å². The van der Waals surface area contributed by atoms with Crippen LogP contribution in [0.2, 0.25) is 0 Å². The minimum Gasteiger partial charge on any atom is -0.478 e. The summed E-state index contributed by atoms with van der Waals surface area (Å²) in [5.74, 6) is -1.08.